The van der Waals surface area contributed by atoms with Gasteiger partial charge in [0.05, 0.1) is 6.04 Å². The van der Waals surface area contributed by atoms with Crippen LogP contribution in [-0.4, -0.2) is 24.0 Å². The Labute approximate surface area is 113 Å². The molecule has 19 heavy (non-hydrogen) atoms. The molecule has 0 bridgehead atoms. The lowest BCUT2D eigenvalue weighted by Crippen LogP contribution is -2.41. The predicted molar refractivity (Wildman–Crippen MR) is 73.4 cm³/mol. The van der Waals surface area contributed by atoms with Crippen LogP contribution < -0.4 is 5.32 Å². The van der Waals surface area contributed by atoms with E-state index in [4.69, 9.17) is 0 Å². The summed E-state index contributed by atoms with van der Waals surface area (Å²) in [6.07, 6.45) is 4.54. The molecule has 0 spiro atoms. The van der Waals surface area contributed by atoms with E-state index < -0.39 is 0 Å². The van der Waals surface area contributed by atoms with Gasteiger partial charge in [-0.2, -0.15) is 0 Å². The molecule has 0 saturated carbocycles. The molecule has 3 nitrogen and oxygen atoms in total. The molecule has 0 aromatic heterocycles. The molecule has 1 unspecified atom stereocenters. The van der Waals surface area contributed by atoms with Crippen molar-refractivity contribution in [1.29, 1.82) is 0 Å². The second-order valence-electron chi connectivity index (χ2n) is 5.13. The summed E-state index contributed by atoms with van der Waals surface area (Å²) >= 11 is 0. The van der Waals surface area contributed by atoms with Gasteiger partial charge in [-0.3, -0.25) is 0 Å². The van der Waals surface area contributed by atoms with Gasteiger partial charge in [0, 0.05) is 13.1 Å². The number of carbonyl (C=O) groups is 1. The lowest BCUT2D eigenvalue weighted by Gasteiger charge is -2.23. The standard InChI is InChI=1S/C15H21FN2O/c1-12(13-7-6-8-14(16)11-13)17-15(19)18-9-4-2-3-5-10-18/h6-8,11-12H,2-5,9-10H2,1H3,(H,17,19). The van der Waals surface area contributed by atoms with Crippen molar-refractivity contribution in [2.75, 3.05) is 13.1 Å². The average molecular weight is 264 g/mol. The fourth-order valence-electron chi connectivity index (χ4n) is 2.41. The fourth-order valence-corrected chi connectivity index (χ4v) is 2.41. The number of amides is 2. The minimum Gasteiger partial charge on any atom is -0.331 e. The molecular formula is C15H21FN2O. The average Bonchev–Trinajstić information content (AvgIpc) is 2.67. The van der Waals surface area contributed by atoms with Crippen LogP contribution in [-0.2, 0) is 0 Å². The molecule has 0 radical (unpaired) electrons. The van der Waals surface area contributed by atoms with Crippen LogP contribution in [0.25, 0.3) is 0 Å². The van der Waals surface area contributed by atoms with Crippen LogP contribution in [0.5, 0.6) is 0 Å². The minimum absolute atomic E-state index is 0.0429. The fraction of sp³-hybridized carbons (Fsp3) is 0.533. The van der Waals surface area contributed by atoms with Crippen molar-refractivity contribution in [1.82, 2.24) is 10.2 Å². The van der Waals surface area contributed by atoms with E-state index in [9.17, 15) is 9.18 Å². The molecule has 1 aromatic rings. The van der Waals surface area contributed by atoms with E-state index in [0.717, 1.165) is 31.5 Å². The number of benzene rings is 1. The zero-order valence-electron chi connectivity index (χ0n) is 11.4. The summed E-state index contributed by atoms with van der Waals surface area (Å²) < 4.78 is 13.2. The zero-order valence-corrected chi connectivity index (χ0v) is 11.4. The number of likely N-dealkylation sites (tertiary alicyclic amines) is 1. The van der Waals surface area contributed by atoms with Gasteiger partial charge in [0.2, 0.25) is 0 Å². The lowest BCUT2D eigenvalue weighted by molar-refractivity contribution is 0.196. The summed E-state index contributed by atoms with van der Waals surface area (Å²) in [5.74, 6) is -0.270. The molecule has 1 fully saturated rings. The van der Waals surface area contributed by atoms with Gasteiger partial charge in [-0.25, -0.2) is 9.18 Å². The normalized spacial score (nSPS) is 17.7. The monoisotopic (exact) mass is 264 g/mol. The molecule has 1 heterocycles. The van der Waals surface area contributed by atoms with Gasteiger partial charge in [-0.15, -0.1) is 0 Å². The van der Waals surface area contributed by atoms with Crippen LogP contribution in [0.3, 0.4) is 0 Å². The Bertz CT molecular complexity index is 428. The largest absolute Gasteiger partial charge is 0.331 e. The molecule has 1 saturated heterocycles. The summed E-state index contributed by atoms with van der Waals surface area (Å²) in [6.45, 7) is 3.52. The summed E-state index contributed by atoms with van der Waals surface area (Å²) in [5, 5.41) is 2.94. The van der Waals surface area contributed by atoms with Crippen LogP contribution >= 0.6 is 0 Å². The zero-order chi connectivity index (χ0) is 13.7. The second kappa shape index (κ2) is 6.55. The number of urea groups is 1. The van der Waals surface area contributed by atoms with Crippen molar-refractivity contribution in [3.05, 3.63) is 35.6 Å². The molecular weight excluding hydrogens is 243 g/mol. The Kier molecular flexibility index (Phi) is 4.77. The van der Waals surface area contributed by atoms with Gasteiger partial charge >= 0.3 is 6.03 Å². The van der Waals surface area contributed by atoms with Gasteiger partial charge in [-0.05, 0) is 37.5 Å². The van der Waals surface area contributed by atoms with Gasteiger partial charge < -0.3 is 10.2 Å². The van der Waals surface area contributed by atoms with E-state index in [1.807, 2.05) is 17.9 Å². The van der Waals surface area contributed by atoms with Gasteiger partial charge in [0.25, 0.3) is 0 Å². The van der Waals surface area contributed by atoms with Crippen molar-refractivity contribution in [2.24, 2.45) is 0 Å². The number of carbonyl (C=O) groups excluding carboxylic acids is 1. The quantitative estimate of drug-likeness (QED) is 0.871. The summed E-state index contributed by atoms with van der Waals surface area (Å²) in [5.41, 5.74) is 0.795. The molecule has 1 aliphatic rings. The summed E-state index contributed by atoms with van der Waals surface area (Å²) in [7, 11) is 0. The Morgan fingerprint density at radius 1 is 1.26 bits per heavy atom. The highest BCUT2D eigenvalue weighted by molar-refractivity contribution is 5.74. The Balaban J connectivity index is 1.94. The Hall–Kier alpha value is -1.58. The highest BCUT2D eigenvalue weighted by Crippen LogP contribution is 2.15. The number of nitrogens with zero attached hydrogens (tertiary/aromatic N) is 1. The van der Waals surface area contributed by atoms with Crippen molar-refractivity contribution in [3.63, 3.8) is 0 Å². The molecule has 4 heteroatoms. The van der Waals surface area contributed by atoms with Crippen LogP contribution in [0, 0.1) is 5.82 Å². The predicted octanol–water partition coefficient (Wildman–Crippen LogP) is 3.47. The van der Waals surface area contributed by atoms with E-state index in [2.05, 4.69) is 5.32 Å². The highest BCUT2D eigenvalue weighted by Gasteiger charge is 2.17. The van der Waals surface area contributed by atoms with Crippen LogP contribution in [0.2, 0.25) is 0 Å². The van der Waals surface area contributed by atoms with E-state index in [1.165, 1.54) is 25.0 Å². The first-order valence-corrected chi connectivity index (χ1v) is 6.98. The number of hydrogen-bond donors (Lipinski definition) is 1. The molecule has 2 amide bonds. The SMILES string of the molecule is CC(NC(=O)N1CCCCCC1)c1cccc(F)c1. The van der Waals surface area contributed by atoms with Crippen LogP contribution in [0.15, 0.2) is 24.3 Å². The molecule has 2 rings (SSSR count). The smallest absolute Gasteiger partial charge is 0.317 e. The molecule has 104 valence electrons. The first-order valence-electron chi connectivity index (χ1n) is 6.98. The third-order valence-corrected chi connectivity index (χ3v) is 3.58. The molecule has 1 N–H and O–H groups in total. The van der Waals surface area contributed by atoms with Crippen LogP contribution in [0.1, 0.15) is 44.2 Å². The second-order valence-corrected chi connectivity index (χ2v) is 5.13. The van der Waals surface area contributed by atoms with Gasteiger partial charge in [0.1, 0.15) is 5.82 Å². The van der Waals surface area contributed by atoms with E-state index in [-0.39, 0.29) is 17.9 Å². The summed E-state index contributed by atoms with van der Waals surface area (Å²) in [6, 6.07) is 6.15. The molecule has 1 aromatic carbocycles. The van der Waals surface area contributed by atoms with E-state index in [1.54, 1.807) is 6.07 Å². The Morgan fingerprint density at radius 2 is 1.95 bits per heavy atom. The van der Waals surface area contributed by atoms with Crippen LogP contribution in [0.4, 0.5) is 9.18 Å². The topological polar surface area (TPSA) is 32.3 Å². The van der Waals surface area contributed by atoms with Gasteiger partial charge in [0.15, 0.2) is 0 Å². The third-order valence-electron chi connectivity index (χ3n) is 3.58. The molecule has 1 atom stereocenters. The maximum Gasteiger partial charge on any atom is 0.317 e. The number of halogens is 1. The third kappa shape index (κ3) is 3.94. The number of nitrogens with one attached hydrogen (secondary N) is 1. The first kappa shape index (κ1) is 13.8. The minimum atomic E-state index is -0.270. The number of hydrogen-bond acceptors (Lipinski definition) is 1. The first-order chi connectivity index (χ1) is 9.16. The van der Waals surface area contributed by atoms with E-state index in [0.29, 0.717) is 0 Å². The maximum absolute atomic E-state index is 13.2. The van der Waals surface area contributed by atoms with E-state index >= 15 is 0 Å². The van der Waals surface area contributed by atoms with Crippen molar-refractivity contribution in [3.8, 4) is 0 Å². The summed E-state index contributed by atoms with van der Waals surface area (Å²) in [4.78, 5) is 14.0. The number of rotatable bonds is 2. The molecule has 0 aliphatic carbocycles. The van der Waals surface area contributed by atoms with Crippen molar-refractivity contribution < 1.29 is 9.18 Å². The maximum atomic E-state index is 13.2. The molecule has 1 aliphatic heterocycles. The van der Waals surface area contributed by atoms with Gasteiger partial charge in [-0.1, -0.05) is 25.0 Å². The van der Waals surface area contributed by atoms with Crippen molar-refractivity contribution in [2.45, 2.75) is 38.6 Å². The van der Waals surface area contributed by atoms with Crippen molar-refractivity contribution >= 4 is 6.03 Å². The Morgan fingerprint density at radius 3 is 2.58 bits per heavy atom. The highest BCUT2D eigenvalue weighted by atomic mass is 19.1. The lowest BCUT2D eigenvalue weighted by atomic mass is 10.1.